The molecule has 0 bridgehead atoms. The van der Waals surface area contributed by atoms with Gasteiger partial charge in [-0.25, -0.2) is 0 Å². The zero-order chi connectivity index (χ0) is 6.53. The van der Waals surface area contributed by atoms with Crippen LogP contribution in [-0.4, -0.2) is 16.7 Å². The monoisotopic (exact) mass is 163 g/mol. The largest absolute Gasteiger partial charge is 0.390 e. The molecule has 0 unspecified atom stereocenters. The van der Waals surface area contributed by atoms with Gasteiger partial charge in [0.25, 0.3) is 0 Å². The summed E-state index contributed by atoms with van der Waals surface area (Å²) in [5, 5.41) is 0. The highest BCUT2D eigenvalue weighted by atomic mass is 32.2. The van der Waals surface area contributed by atoms with Gasteiger partial charge in [0.05, 0.1) is 0 Å². The molecule has 0 aromatic rings. The van der Waals surface area contributed by atoms with E-state index in [0.29, 0.717) is 4.38 Å². The molecule has 1 saturated heterocycles. The van der Waals surface area contributed by atoms with E-state index in [1.54, 1.807) is 11.8 Å². The first-order valence-electron chi connectivity index (χ1n) is 2.96. The number of hydrogen-bond acceptors (Lipinski definition) is 4. The Morgan fingerprint density at radius 3 is 3.33 bits per heavy atom. The minimum absolute atomic E-state index is 0.620. The molecule has 52 valence electrons. The van der Waals surface area contributed by atoms with Crippen LogP contribution in [0.3, 0.4) is 0 Å². The molecule has 0 spiro atoms. The number of hydrogen-bond donors (Lipinski definition) is 1. The van der Waals surface area contributed by atoms with Gasteiger partial charge in [-0.3, -0.25) is 0 Å². The lowest BCUT2D eigenvalue weighted by Gasteiger charge is -2.10. The summed E-state index contributed by atoms with van der Waals surface area (Å²) in [6.45, 7) is 0.917. The highest BCUT2D eigenvalue weighted by molar-refractivity contribution is 8.22. The van der Waals surface area contributed by atoms with Crippen molar-refractivity contribution >= 4 is 28.4 Å². The summed E-state index contributed by atoms with van der Waals surface area (Å²) in [5.74, 6) is 1.10. The predicted octanol–water partition coefficient (Wildman–Crippen LogP) is 1.32. The van der Waals surface area contributed by atoms with Crippen molar-refractivity contribution in [3.05, 3.63) is 0 Å². The van der Waals surface area contributed by atoms with Crippen LogP contribution in [-0.2, 0) is 4.84 Å². The molecule has 1 aliphatic rings. The highest BCUT2D eigenvalue weighted by Crippen LogP contribution is 2.09. The lowest BCUT2D eigenvalue weighted by atomic mass is 10.3. The van der Waals surface area contributed by atoms with E-state index >= 15 is 0 Å². The Hall–Kier alpha value is 0.200. The number of nitrogens with one attached hydrogen (secondary N) is 1. The van der Waals surface area contributed by atoms with Crippen LogP contribution in [0.5, 0.6) is 0 Å². The first kappa shape index (κ1) is 7.31. The third kappa shape index (κ3) is 3.03. The van der Waals surface area contributed by atoms with Crippen LogP contribution in [0.4, 0.5) is 0 Å². The highest BCUT2D eigenvalue weighted by Gasteiger charge is 2.01. The molecular formula is C5H9NOS2. The van der Waals surface area contributed by atoms with Gasteiger partial charge in [0.1, 0.15) is 0 Å². The molecular weight excluding hydrogens is 154 g/mol. The van der Waals surface area contributed by atoms with E-state index in [9.17, 15) is 0 Å². The van der Waals surface area contributed by atoms with Gasteiger partial charge in [0.15, 0.2) is 0 Å². The summed E-state index contributed by atoms with van der Waals surface area (Å²) in [5.41, 5.74) is 2.77. The quantitative estimate of drug-likeness (QED) is 0.543. The first-order chi connectivity index (χ1) is 4.39. The summed E-state index contributed by atoms with van der Waals surface area (Å²) in [6.07, 6.45) is 2.40. The second-order valence-corrected chi connectivity index (χ2v) is 3.50. The van der Waals surface area contributed by atoms with Crippen LogP contribution in [0.15, 0.2) is 0 Å². The third-order valence-electron chi connectivity index (χ3n) is 1.05. The van der Waals surface area contributed by atoms with Crippen LogP contribution in [0.1, 0.15) is 12.8 Å². The Labute approximate surface area is 64.3 Å². The van der Waals surface area contributed by atoms with E-state index in [0.717, 1.165) is 12.3 Å². The molecule has 0 aliphatic carbocycles. The fraction of sp³-hybridized carbons (Fsp3) is 0.800. The van der Waals surface area contributed by atoms with E-state index in [1.807, 2.05) is 0 Å². The standard InChI is InChI=1S/C5H9NOS2/c8-5-7-6-3-1-2-4-9-5/h6H,1-4H2. The normalized spacial score (nSPS) is 22.0. The Morgan fingerprint density at radius 2 is 2.44 bits per heavy atom. The topological polar surface area (TPSA) is 21.3 Å². The minimum atomic E-state index is 0.620. The molecule has 0 radical (unpaired) electrons. The lowest BCUT2D eigenvalue weighted by molar-refractivity contribution is 0.191. The summed E-state index contributed by atoms with van der Waals surface area (Å²) < 4.78 is 0.620. The average molecular weight is 163 g/mol. The van der Waals surface area contributed by atoms with Gasteiger partial charge >= 0.3 is 0 Å². The van der Waals surface area contributed by atoms with Crippen LogP contribution in [0.25, 0.3) is 0 Å². The molecule has 0 amide bonds. The van der Waals surface area contributed by atoms with Crippen molar-refractivity contribution in [2.24, 2.45) is 0 Å². The predicted molar refractivity (Wildman–Crippen MR) is 43.4 cm³/mol. The third-order valence-corrected chi connectivity index (χ3v) is 2.30. The number of hydroxylamine groups is 1. The fourth-order valence-electron chi connectivity index (χ4n) is 0.594. The summed E-state index contributed by atoms with van der Waals surface area (Å²) in [7, 11) is 0. The molecule has 1 aliphatic heterocycles. The number of thiocarbonyl (C=S) groups is 1. The maximum absolute atomic E-state index is 4.93. The zero-order valence-corrected chi connectivity index (χ0v) is 6.69. The van der Waals surface area contributed by atoms with Crippen molar-refractivity contribution in [3.63, 3.8) is 0 Å². The van der Waals surface area contributed by atoms with Crippen molar-refractivity contribution < 1.29 is 4.84 Å². The maximum Gasteiger partial charge on any atom is 0.244 e. The number of rotatable bonds is 0. The smallest absolute Gasteiger partial charge is 0.244 e. The van der Waals surface area contributed by atoms with Gasteiger partial charge in [-0.2, -0.15) is 5.48 Å². The first-order valence-corrected chi connectivity index (χ1v) is 4.35. The van der Waals surface area contributed by atoms with Gasteiger partial charge in [-0.1, -0.05) is 11.8 Å². The van der Waals surface area contributed by atoms with E-state index in [1.165, 1.54) is 12.8 Å². The zero-order valence-electron chi connectivity index (χ0n) is 5.05. The summed E-state index contributed by atoms with van der Waals surface area (Å²) >= 11 is 6.43. The second-order valence-electron chi connectivity index (χ2n) is 1.80. The average Bonchev–Trinajstić information content (AvgIpc) is 1.79. The Morgan fingerprint density at radius 1 is 1.56 bits per heavy atom. The lowest BCUT2D eigenvalue weighted by Crippen LogP contribution is -2.20. The molecule has 1 fully saturated rings. The minimum Gasteiger partial charge on any atom is -0.390 e. The van der Waals surface area contributed by atoms with Crippen LogP contribution in [0, 0.1) is 0 Å². The molecule has 9 heavy (non-hydrogen) atoms. The molecule has 0 aromatic carbocycles. The van der Waals surface area contributed by atoms with Gasteiger partial charge in [-0.05, 0) is 25.1 Å². The molecule has 0 saturated carbocycles. The fourth-order valence-corrected chi connectivity index (χ4v) is 1.54. The van der Waals surface area contributed by atoms with Gasteiger partial charge in [-0.15, -0.1) is 0 Å². The van der Waals surface area contributed by atoms with E-state index in [-0.39, 0.29) is 0 Å². The molecule has 1 heterocycles. The van der Waals surface area contributed by atoms with Crippen molar-refractivity contribution in [2.75, 3.05) is 12.3 Å². The van der Waals surface area contributed by atoms with Crippen molar-refractivity contribution in [2.45, 2.75) is 12.8 Å². The van der Waals surface area contributed by atoms with Crippen LogP contribution in [0.2, 0.25) is 0 Å². The molecule has 1 N–H and O–H groups in total. The van der Waals surface area contributed by atoms with Crippen molar-refractivity contribution in [1.29, 1.82) is 0 Å². The van der Waals surface area contributed by atoms with E-state index in [4.69, 9.17) is 17.1 Å². The van der Waals surface area contributed by atoms with Crippen LogP contribution < -0.4 is 5.48 Å². The number of thioether (sulfide) groups is 1. The van der Waals surface area contributed by atoms with Gasteiger partial charge in [0.2, 0.25) is 4.38 Å². The van der Waals surface area contributed by atoms with Crippen molar-refractivity contribution in [1.82, 2.24) is 5.48 Å². The molecule has 2 nitrogen and oxygen atoms in total. The Bertz CT molecular complexity index is 97.1. The SMILES string of the molecule is S=C1ONCCCCS1. The van der Waals surface area contributed by atoms with E-state index < -0.39 is 0 Å². The molecule has 0 atom stereocenters. The van der Waals surface area contributed by atoms with Gasteiger partial charge < -0.3 is 4.84 Å². The summed E-state index contributed by atoms with van der Waals surface area (Å²) in [6, 6.07) is 0. The Kier molecular flexibility index (Phi) is 3.32. The van der Waals surface area contributed by atoms with Crippen molar-refractivity contribution in [3.8, 4) is 0 Å². The van der Waals surface area contributed by atoms with Gasteiger partial charge in [0, 0.05) is 12.3 Å². The second kappa shape index (κ2) is 4.09. The molecule has 0 aromatic heterocycles. The van der Waals surface area contributed by atoms with Crippen LogP contribution >= 0.6 is 24.0 Å². The maximum atomic E-state index is 4.93. The summed E-state index contributed by atoms with van der Waals surface area (Å²) in [4.78, 5) is 4.93. The molecule has 1 rings (SSSR count). The van der Waals surface area contributed by atoms with E-state index in [2.05, 4.69) is 5.48 Å². The Balaban J connectivity index is 2.20. The molecule has 4 heteroatoms.